The van der Waals surface area contributed by atoms with E-state index in [-0.39, 0.29) is 29.8 Å². The average molecular weight is 249 g/mol. The zero-order valence-corrected chi connectivity index (χ0v) is 10.5. The Bertz CT molecular complexity index is 346. The van der Waals surface area contributed by atoms with Gasteiger partial charge in [-0.15, -0.1) is 0 Å². The van der Waals surface area contributed by atoms with Gasteiger partial charge in [-0.1, -0.05) is 0 Å². The van der Waals surface area contributed by atoms with Crippen LogP contribution in [0.25, 0.3) is 0 Å². The first-order valence-corrected chi connectivity index (χ1v) is 7.47. The summed E-state index contributed by atoms with van der Waals surface area (Å²) in [6.07, 6.45) is -0.555. The molecule has 2 aliphatic heterocycles. The Morgan fingerprint density at radius 3 is 2.19 bits per heavy atom. The number of aliphatic hydroxyl groups is 1. The fourth-order valence-electron chi connectivity index (χ4n) is 2.65. The molecular formula is C10H19NO4S. The predicted octanol–water partition coefficient (Wildman–Crippen LogP) is -0.746. The molecule has 0 radical (unpaired) electrons. The van der Waals surface area contributed by atoms with Gasteiger partial charge in [0, 0.05) is 13.1 Å². The van der Waals surface area contributed by atoms with Crippen molar-refractivity contribution in [1.29, 1.82) is 0 Å². The van der Waals surface area contributed by atoms with Crippen LogP contribution in [-0.4, -0.2) is 67.4 Å². The zero-order chi connectivity index (χ0) is 11.9. The van der Waals surface area contributed by atoms with Gasteiger partial charge in [0.15, 0.2) is 9.84 Å². The molecule has 0 bridgehead atoms. The Morgan fingerprint density at radius 2 is 1.75 bits per heavy atom. The first-order valence-electron chi connectivity index (χ1n) is 5.65. The third-order valence-corrected chi connectivity index (χ3v) is 4.91. The fourth-order valence-corrected chi connectivity index (χ4v) is 4.48. The molecule has 0 aliphatic carbocycles. The van der Waals surface area contributed by atoms with Crippen molar-refractivity contribution in [1.82, 2.24) is 4.90 Å². The summed E-state index contributed by atoms with van der Waals surface area (Å²) in [4.78, 5) is 2.05. The smallest absolute Gasteiger partial charge is 0.154 e. The van der Waals surface area contributed by atoms with Crippen LogP contribution < -0.4 is 0 Å². The highest BCUT2D eigenvalue weighted by molar-refractivity contribution is 7.91. The van der Waals surface area contributed by atoms with Gasteiger partial charge in [0.1, 0.15) is 0 Å². The Hall–Kier alpha value is -0.170. The lowest BCUT2D eigenvalue weighted by atomic mass is 10.1. The molecule has 0 amide bonds. The minimum Gasteiger partial charge on any atom is -0.390 e. The van der Waals surface area contributed by atoms with Crippen molar-refractivity contribution >= 4 is 9.84 Å². The molecule has 2 saturated heterocycles. The molecule has 16 heavy (non-hydrogen) atoms. The summed E-state index contributed by atoms with van der Waals surface area (Å²) in [7, 11) is -3.06. The molecule has 0 aromatic carbocycles. The Morgan fingerprint density at radius 1 is 1.19 bits per heavy atom. The van der Waals surface area contributed by atoms with Crippen LogP contribution in [0, 0.1) is 0 Å². The number of hydrogen-bond donors (Lipinski definition) is 1. The van der Waals surface area contributed by atoms with E-state index >= 15 is 0 Å². The van der Waals surface area contributed by atoms with Crippen LogP contribution in [0.3, 0.4) is 0 Å². The molecule has 2 rings (SSSR count). The Kier molecular flexibility index (Phi) is 3.27. The predicted molar refractivity (Wildman–Crippen MR) is 60.0 cm³/mol. The highest BCUT2D eigenvalue weighted by atomic mass is 32.2. The molecule has 94 valence electrons. The summed E-state index contributed by atoms with van der Waals surface area (Å²) in [6, 6.07) is -0.251. The van der Waals surface area contributed by atoms with Gasteiger partial charge >= 0.3 is 0 Å². The third-order valence-electron chi connectivity index (χ3n) is 3.21. The Balaban J connectivity index is 2.07. The second-order valence-corrected chi connectivity index (χ2v) is 7.08. The minimum absolute atomic E-state index is 0.0770. The monoisotopic (exact) mass is 249 g/mol. The summed E-state index contributed by atoms with van der Waals surface area (Å²) in [6.45, 7) is 5.33. The van der Waals surface area contributed by atoms with Gasteiger partial charge in [-0.25, -0.2) is 8.42 Å². The molecule has 5 nitrogen and oxygen atoms in total. The second-order valence-electron chi connectivity index (χ2n) is 4.92. The van der Waals surface area contributed by atoms with Crippen molar-refractivity contribution in [2.45, 2.75) is 38.2 Å². The first-order chi connectivity index (χ1) is 7.37. The quantitative estimate of drug-likeness (QED) is 0.662. The number of rotatable bonds is 1. The van der Waals surface area contributed by atoms with Gasteiger partial charge in [0.2, 0.25) is 0 Å². The summed E-state index contributed by atoms with van der Waals surface area (Å²) in [5, 5.41) is 9.79. The van der Waals surface area contributed by atoms with Crippen LogP contribution in [0.5, 0.6) is 0 Å². The fraction of sp³-hybridized carbons (Fsp3) is 1.00. The lowest BCUT2D eigenvalue weighted by Crippen LogP contribution is -2.53. The molecule has 1 N–H and O–H groups in total. The van der Waals surface area contributed by atoms with Gasteiger partial charge < -0.3 is 9.84 Å². The second kappa shape index (κ2) is 4.25. The lowest BCUT2D eigenvalue weighted by molar-refractivity contribution is -0.0884. The van der Waals surface area contributed by atoms with Gasteiger partial charge in [-0.05, 0) is 13.8 Å². The standard InChI is InChI=1S/C10H19NO4S/c1-7-3-11(4-8(2)15-7)9-5-16(13,14)6-10(9)12/h7-10,12H,3-6H2,1-2H3. The molecule has 6 heteroatoms. The average Bonchev–Trinajstić information content (AvgIpc) is 2.38. The molecule has 2 aliphatic rings. The molecule has 0 spiro atoms. The van der Waals surface area contributed by atoms with Crippen molar-refractivity contribution in [3.8, 4) is 0 Å². The number of ether oxygens (including phenoxy) is 1. The maximum Gasteiger partial charge on any atom is 0.154 e. The largest absolute Gasteiger partial charge is 0.390 e. The van der Waals surface area contributed by atoms with Crippen molar-refractivity contribution in [2.24, 2.45) is 0 Å². The lowest BCUT2D eigenvalue weighted by Gasteiger charge is -2.39. The summed E-state index contributed by atoms with van der Waals surface area (Å²) in [5.74, 6) is -0.0224. The number of aliphatic hydroxyl groups excluding tert-OH is 1. The molecule has 0 saturated carbocycles. The molecule has 2 fully saturated rings. The summed E-state index contributed by atoms with van der Waals surface area (Å²) in [5.41, 5.74) is 0. The zero-order valence-electron chi connectivity index (χ0n) is 9.67. The van der Waals surface area contributed by atoms with E-state index in [1.807, 2.05) is 18.7 Å². The van der Waals surface area contributed by atoms with E-state index in [0.29, 0.717) is 13.1 Å². The molecule has 4 atom stereocenters. The number of hydrogen-bond acceptors (Lipinski definition) is 5. The van der Waals surface area contributed by atoms with Crippen molar-refractivity contribution in [3.05, 3.63) is 0 Å². The SMILES string of the molecule is CC1CN(C2CS(=O)(=O)CC2O)CC(C)O1. The summed E-state index contributed by atoms with van der Waals surface area (Å²) < 4.78 is 28.5. The molecule has 4 unspecified atom stereocenters. The first kappa shape index (κ1) is 12.3. The maximum absolute atomic E-state index is 11.4. The molecular weight excluding hydrogens is 230 g/mol. The normalized spacial score (nSPS) is 44.7. The van der Waals surface area contributed by atoms with Crippen LogP contribution >= 0.6 is 0 Å². The van der Waals surface area contributed by atoms with Crippen LogP contribution in [0.4, 0.5) is 0 Å². The van der Waals surface area contributed by atoms with E-state index in [2.05, 4.69) is 0 Å². The van der Waals surface area contributed by atoms with E-state index < -0.39 is 15.9 Å². The van der Waals surface area contributed by atoms with E-state index in [4.69, 9.17) is 4.74 Å². The summed E-state index contributed by atoms with van der Waals surface area (Å²) >= 11 is 0. The number of morpholine rings is 1. The van der Waals surface area contributed by atoms with Crippen molar-refractivity contribution in [3.63, 3.8) is 0 Å². The van der Waals surface area contributed by atoms with Gasteiger partial charge in [-0.3, -0.25) is 4.90 Å². The molecule has 0 aromatic rings. The van der Waals surface area contributed by atoms with Crippen molar-refractivity contribution in [2.75, 3.05) is 24.6 Å². The van der Waals surface area contributed by atoms with Crippen LogP contribution in [-0.2, 0) is 14.6 Å². The minimum atomic E-state index is -3.06. The van der Waals surface area contributed by atoms with Crippen LogP contribution in [0.15, 0.2) is 0 Å². The van der Waals surface area contributed by atoms with Gasteiger partial charge in [-0.2, -0.15) is 0 Å². The highest BCUT2D eigenvalue weighted by Crippen LogP contribution is 2.22. The third kappa shape index (κ3) is 2.56. The van der Waals surface area contributed by atoms with E-state index in [0.717, 1.165) is 0 Å². The van der Waals surface area contributed by atoms with E-state index in [1.165, 1.54) is 0 Å². The van der Waals surface area contributed by atoms with Gasteiger partial charge in [0.25, 0.3) is 0 Å². The topological polar surface area (TPSA) is 66.8 Å². The van der Waals surface area contributed by atoms with E-state index in [1.54, 1.807) is 0 Å². The van der Waals surface area contributed by atoms with Crippen molar-refractivity contribution < 1.29 is 18.3 Å². The van der Waals surface area contributed by atoms with Crippen LogP contribution in [0.1, 0.15) is 13.8 Å². The maximum atomic E-state index is 11.4. The molecule has 0 aromatic heterocycles. The number of nitrogens with zero attached hydrogens (tertiary/aromatic N) is 1. The molecule has 2 heterocycles. The Labute approximate surface area is 96.3 Å². The van der Waals surface area contributed by atoms with Gasteiger partial charge in [0.05, 0.1) is 35.9 Å². The van der Waals surface area contributed by atoms with Crippen LogP contribution in [0.2, 0.25) is 0 Å². The number of sulfone groups is 1. The van der Waals surface area contributed by atoms with E-state index in [9.17, 15) is 13.5 Å². The highest BCUT2D eigenvalue weighted by Gasteiger charge is 2.41.